The van der Waals surface area contributed by atoms with Crippen molar-refractivity contribution in [1.29, 1.82) is 0 Å². The zero-order valence-corrected chi connectivity index (χ0v) is 21.0. The van der Waals surface area contributed by atoms with Gasteiger partial charge in [0.2, 0.25) is 5.91 Å². The average molecular weight is 497 g/mol. The van der Waals surface area contributed by atoms with Crippen molar-refractivity contribution in [2.45, 2.75) is 44.5 Å². The lowest BCUT2D eigenvalue weighted by Gasteiger charge is -2.36. The Morgan fingerprint density at radius 3 is 2.46 bits per heavy atom. The van der Waals surface area contributed by atoms with Crippen molar-refractivity contribution < 1.29 is 19.8 Å². The van der Waals surface area contributed by atoms with Gasteiger partial charge in [-0.3, -0.25) is 9.59 Å². The molecule has 0 bridgehead atoms. The maximum atomic E-state index is 13.6. The maximum Gasteiger partial charge on any atom is 0.264 e. The van der Waals surface area contributed by atoms with Crippen LogP contribution in [0.2, 0.25) is 0 Å². The van der Waals surface area contributed by atoms with Crippen molar-refractivity contribution in [3.63, 3.8) is 0 Å². The molecule has 3 aromatic rings. The second-order valence-electron chi connectivity index (χ2n) is 9.91. The Bertz CT molecular complexity index is 1320. The van der Waals surface area contributed by atoms with E-state index in [0.717, 1.165) is 16.7 Å². The smallest absolute Gasteiger partial charge is 0.264 e. The highest BCUT2D eigenvalue weighted by Crippen LogP contribution is 2.45. The average Bonchev–Trinajstić information content (AvgIpc) is 3.15. The number of aliphatic hydroxyl groups is 2. The summed E-state index contributed by atoms with van der Waals surface area (Å²) >= 11 is 0. The normalized spacial score (nSPS) is 21.7. The lowest BCUT2D eigenvalue weighted by Crippen LogP contribution is -2.46. The summed E-state index contributed by atoms with van der Waals surface area (Å²) in [6.45, 7) is 2.54. The van der Waals surface area contributed by atoms with Gasteiger partial charge in [-0.2, -0.15) is 0 Å². The minimum atomic E-state index is -1.72. The van der Waals surface area contributed by atoms with Crippen LogP contribution in [0.3, 0.4) is 0 Å². The molecular formula is C31H32N2O4. The minimum absolute atomic E-state index is 0.0900. The lowest BCUT2D eigenvalue weighted by molar-refractivity contribution is -0.139. The molecule has 2 heterocycles. The van der Waals surface area contributed by atoms with Crippen LogP contribution in [0, 0.1) is 5.92 Å². The van der Waals surface area contributed by atoms with Crippen molar-refractivity contribution in [2.75, 3.05) is 11.5 Å². The number of para-hydroxylation sites is 1. The number of fused-ring (bicyclic) bond motifs is 2. The van der Waals surface area contributed by atoms with Crippen molar-refractivity contribution in [3.05, 3.63) is 113 Å². The Kier molecular flexibility index (Phi) is 6.96. The van der Waals surface area contributed by atoms with E-state index in [1.165, 1.54) is 0 Å². The van der Waals surface area contributed by atoms with Crippen LogP contribution in [0.25, 0.3) is 0 Å². The number of amides is 2. The number of rotatable bonds is 7. The van der Waals surface area contributed by atoms with Crippen molar-refractivity contribution in [3.8, 4) is 0 Å². The molecule has 0 radical (unpaired) electrons. The number of hydrogen-bond donors (Lipinski definition) is 2. The first-order valence-corrected chi connectivity index (χ1v) is 12.7. The van der Waals surface area contributed by atoms with Crippen LogP contribution >= 0.6 is 0 Å². The molecule has 190 valence electrons. The monoisotopic (exact) mass is 496 g/mol. The molecule has 5 rings (SSSR count). The maximum absolute atomic E-state index is 13.6. The molecule has 2 amide bonds. The molecule has 6 heteroatoms. The summed E-state index contributed by atoms with van der Waals surface area (Å²) in [4.78, 5) is 30.1. The first-order chi connectivity index (χ1) is 17.9. The molecule has 37 heavy (non-hydrogen) atoms. The topological polar surface area (TPSA) is 81.1 Å². The van der Waals surface area contributed by atoms with E-state index >= 15 is 0 Å². The number of aliphatic hydroxyl groups excluding tert-OH is 1. The zero-order chi connectivity index (χ0) is 26.0. The Morgan fingerprint density at radius 2 is 1.70 bits per heavy atom. The third-order valence-corrected chi connectivity index (χ3v) is 7.62. The van der Waals surface area contributed by atoms with E-state index in [1.54, 1.807) is 34.9 Å². The van der Waals surface area contributed by atoms with Crippen LogP contribution < -0.4 is 4.90 Å². The molecule has 2 aliphatic heterocycles. The van der Waals surface area contributed by atoms with Gasteiger partial charge in [0.15, 0.2) is 5.60 Å². The van der Waals surface area contributed by atoms with E-state index in [0.29, 0.717) is 30.8 Å². The number of carbonyl (C=O) groups is 2. The van der Waals surface area contributed by atoms with Crippen LogP contribution in [0.5, 0.6) is 0 Å². The van der Waals surface area contributed by atoms with E-state index in [1.807, 2.05) is 72.8 Å². The van der Waals surface area contributed by atoms with Crippen LogP contribution in [-0.4, -0.2) is 39.6 Å². The van der Waals surface area contributed by atoms with Crippen LogP contribution in [0.15, 0.2) is 91.0 Å². The van der Waals surface area contributed by atoms with E-state index in [9.17, 15) is 19.8 Å². The summed E-state index contributed by atoms with van der Waals surface area (Å²) in [5.41, 5.74) is 2.79. The number of carbonyl (C=O) groups excluding carboxylic acids is 2. The highest BCUT2D eigenvalue weighted by atomic mass is 16.3. The fourth-order valence-corrected chi connectivity index (χ4v) is 5.50. The van der Waals surface area contributed by atoms with E-state index < -0.39 is 11.5 Å². The van der Waals surface area contributed by atoms with Gasteiger partial charge in [0.1, 0.15) is 0 Å². The molecule has 2 aliphatic rings. The fraction of sp³-hybridized carbons (Fsp3) is 0.290. The Morgan fingerprint density at radius 1 is 1.03 bits per heavy atom. The third kappa shape index (κ3) is 4.59. The van der Waals surface area contributed by atoms with Crippen LogP contribution in [-0.2, 0) is 34.7 Å². The molecule has 3 atom stereocenters. The summed E-state index contributed by atoms with van der Waals surface area (Å²) in [6.07, 6.45) is 4.24. The Labute approximate surface area is 217 Å². The van der Waals surface area contributed by atoms with Gasteiger partial charge in [-0.1, -0.05) is 91.9 Å². The standard InChI is InChI=1S/C31H32N2O4/c1-22(10-9-17-29(35)32-20-25-14-6-5-13-24(25)18-26(32)21-34)31(37)27-15-7-8-16-28(27)33(30(31)36)19-23-11-3-2-4-12-23/h2-16,22,26,34,37H,17-21H2,1H3/b10-9+/t22-,26-,31+/m0/s1. The summed E-state index contributed by atoms with van der Waals surface area (Å²) in [6, 6.07) is 24.8. The molecule has 2 N–H and O–H groups in total. The van der Waals surface area contributed by atoms with Crippen LogP contribution in [0.4, 0.5) is 5.69 Å². The SMILES string of the molecule is C[C@@H](/C=C/CC(=O)N1Cc2ccccc2C[C@H]1CO)[C@]1(O)C(=O)N(Cc2ccccc2)c2ccccc21. The molecule has 0 aliphatic carbocycles. The number of anilines is 1. The van der Waals surface area contributed by atoms with Gasteiger partial charge < -0.3 is 20.0 Å². The zero-order valence-electron chi connectivity index (χ0n) is 21.0. The summed E-state index contributed by atoms with van der Waals surface area (Å²) in [5.74, 6) is -1.01. The van der Waals surface area contributed by atoms with Gasteiger partial charge in [-0.25, -0.2) is 0 Å². The molecule has 0 saturated carbocycles. The van der Waals surface area contributed by atoms with Gasteiger partial charge in [-0.05, 0) is 29.2 Å². The molecule has 0 aromatic heterocycles. The van der Waals surface area contributed by atoms with Gasteiger partial charge in [0.05, 0.1) is 24.9 Å². The first kappa shape index (κ1) is 24.9. The summed E-state index contributed by atoms with van der Waals surface area (Å²) < 4.78 is 0. The molecule has 0 unspecified atom stereocenters. The molecular weight excluding hydrogens is 464 g/mol. The van der Waals surface area contributed by atoms with E-state index in [2.05, 4.69) is 0 Å². The predicted molar refractivity (Wildman–Crippen MR) is 142 cm³/mol. The summed E-state index contributed by atoms with van der Waals surface area (Å²) in [7, 11) is 0. The predicted octanol–water partition coefficient (Wildman–Crippen LogP) is 3.95. The van der Waals surface area contributed by atoms with E-state index in [4.69, 9.17) is 0 Å². The second-order valence-corrected chi connectivity index (χ2v) is 9.91. The van der Waals surface area contributed by atoms with E-state index in [-0.39, 0.29) is 30.9 Å². The van der Waals surface area contributed by atoms with Crippen molar-refractivity contribution in [2.24, 2.45) is 5.92 Å². The number of nitrogens with zero attached hydrogens (tertiary/aromatic N) is 2. The Hall–Kier alpha value is -3.74. The fourth-order valence-electron chi connectivity index (χ4n) is 5.50. The molecule has 3 aromatic carbocycles. The molecule has 0 spiro atoms. The largest absolute Gasteiger partial charge is 0.394 e. The van der Waals surface area contributed by atoms with Crippen LogP contribution in [0.1, 0.15) is 35.6 Å². The van der Waals surface area contributed by atoms with Gasteiger partial charge in [0, 0.05) is 24.4 Å². The van der Waals surface area contributed by atoms with Gasteiger partial charge >= 0.3 is 0 Å². The highest BCUT2D eigenvalue weighted by Gasteiger charge is 2.52. The number of benzene rings is 3. The van der Waals surface area contributed by atoms with Gasteiger partial charge in [0.25, 0.3) is 5.91 Å². The highest BCUT2D eigenvalue weighted by molar-refractivity contribution is 6.07. The Balaban J connectivity index is 1.32. The second kappa shape index (κ2) is 10.3. The molecule has 0 fully saturated rings. The molecule has 6 nitrogen and oxygen atoms in total. The quantitative estimate of drug-likeness (QED) is 0.486. The lowest BCUT2D eigenvalue weighted by atomic mass is 9.83. The van der Waals surface area contributed by atoms with Gasteiger partial charge in [-0.15, -0.1) is 0 Å². The number of hydrogen-bond acceptors (Lipinski definition) is 4. The molecule has 0 saturated heterocycles. The third-order valence-electron chi connectivity index (χ3n) is 7.62. The van der Waals surface area contributed by atoms with Crippen molar-refractivity contribution in [1.82, 2.24) is 4.90 Å². The van der Waals surface area contributed by atoms with Crippen molar-refractivity contribution >= 4 is 17.5 Å². The first-order valence-electron chi connectivity index (χ1n) is 12.7. The minimum Gasteiger partial charge on any atom is -0.394 e. The summed E-state index contributed by atoms with van der Waals surface area (Å²) in [5, 5.41) is 21.7.